The van der Waals surface area contributed by atoms with Crippen molar-refractivity contribution >= 4 is 67.4 Å². The maximum absolute atomic E-state index is 12.0. The van der Waals surface area contributed by atoms with Crippen molar-refractivity contribution in [3.05, 3.63) is 51.0 Å². The molecule has 0 aliphatic heterocycles. The Balaban J connectivity index is 1.66. The third kappa shape index (κ3) is 3.92. The first-order chi connectivity index (χ1) is 11.4. The molecule has 0 aliphatic carbocycles. The topological polar surface area (TPSA) is 51.2 Å². The summed E-state index contributed by atoms with van der Waals surface area (Å²) in [5.74, 6) is -0.0472. The highest BCUT2D eigenvalue weighted by atomic mass is 35.5. The van der Waals surface area contributed by atoms with Crippen molar-refractivity contribution in [2.45, 2.75) is 6.92 Å². The fourth-order valence-electron chi connectivity index (χ4n) is 2.00. The molecule has 0 atom stereocenters. The number of amides is 1. The van der Waals surface area contributed by atoms with E-state index in [9.17, 15) is 4.79 Å². The van der Waals surface area contributed by atoms with Crippen LogP contribution in [0.3, 0.4) is 0 Å². The summed E-state index contributed by atoms with van der Waals surface area (Å²) in [6.07, 6.45) is 0. The van der Waals surface area contributed by atoms with Gasteiger partial charge in [-0.25, -0.2) is 4.98 Å². The van der Waals surface area contributed by atoms with E-state index in [4.69, 9.17) is 39.5 Å². The normalized spacial score (nSPS) is 10.8. The monoisotopic (exact) mass is 400 g/mol. The Labute approximate surface area is 157 Å². The second-order valence-electron chi connectivity index (χ2n) is 5.02. The molecule has 1 aromatic heterocycles. The summed E-state index contributed by atoms with van der Waals surface area (Å²) in [5.41, 5.74) is 1.98. The van der Waals surface area contributed by atoms with Gasteiger partial charge in [0.25, 0.3) is 5.91 Å². The Hall–Kier alpha value is -1.53. The minimum absolute atomic E-state index is 0.216. The SMILES string of the molecule is Cc1ccc2nc(NC(=O)COc3cc(Cl)c(Cl)cc3Cl)sc2c1. The molecule has 8 heteroatoms. The third-order valence-corrected chi connectivity index (χ3v) is 5.07. The Morgan fingerprint density at radius 3 is 2.71 bits per heavy atom. The fourth-order valence-corrected chi connectivity index (χ4v) is 3.57. The zero-order valence-corrected chi connectivity index (χ0v) is 15.5. The average Bonchev–Trinajstić information content (AvgIpc) is 2.90. The third-order valence-electron chi connectivity index (χ3n) is 3.12. The largest absolute Gasteiger partial charge is 0.482 e. The van der Waals surface area contributed by atoms with Crippen LogP contribution in [0.5, 0.6) is 5.75 Å². The molecule has 0 bridgehead atoms. The van der Waals surface area contributed by atoms with Gasteiger partial charge in [0.05, 0.1) is 25.3 Å². The van der Waals surface area contributed by atoms with E-state index in [2.05, 4.69) is 10.3 Å². The molecule has 1 amide bonds. The smallest absolute Gasteiger partial charge is 0.264 e. The van der Waals surface area contributed by atoms with Crippen molar-refractivity contribution in [2.75, 3.05) is 11.9 Å². The van der Waals surface area contributed by atoms with Gasteiger partial charge in [0.1, 0.15) is 5.75 Å². The van der Waals surface area contributed by atoms with E-state index in [1.807, 2.05) is 25.1 Å². The number of aryl methyl sites for hydroxylation is 1. The molecule has 0 unspecified atom stereocenters. The van der Waals surface area contributed by atoms with Gasteiger partial charge in [0.15, 0.2) is 11.7 Å². The lowest BCUT2D eigenvalue weighted by Gasteiger charge is -2.08. The summed E-state index contributed by atoms with van der Waals surface area (Å²) in [6, 6.07) is 8.86. The molecule has 0 radical (unpaired) electrons. The van der Waals surface area contributed by atoms with Gasteiger partial charge in [0, 0.05) is 6.07 Å². The lowest BCUT2D eigenvalue weighted by Crippen LogP contribution is -2.20. The van der Waals surface area contributed by atoms with E-state index in [1.54, 1.807) is 0 Å². The van der Waals surface area contributed by atoms with E-state index in [-0.39, 0.29) is 17.5 Å². The molecule has 2 aromatic carbocycles. The first-order valence-corrected chi connectivity index (χ1v) is 8.82. The number of benzene rings is 2. The highest BCUT2D eigenvalue weighted by Crippen LogP contribution is 2.34. The second-order valence-corrected chi connectivity index (χ2v) is 7.28. The van der Waals surface area contributed by atoms with E-state index in [0.29, 0.717) is 20.9 Å². The Morgan fingerprint density at radius 2 is 1.92 bits per heavy atom. The van der Waals surface area contributed by atoms with Gasteiger partial charge in [-0.1, -0.05) is 52.2 Å². The van der Waals surface area contributed by atoms with E-state index >= 15 is 0 Å². The number of ether oxygens (including phenoxy) is 1. The molecule has 3 rings (SSSR count). The molecular formula is C16H11Cl3N2O2S. The van der Waals surface area contributed by atoms with Crippen molar-refractivity contribution < 1.29 is 9.53 Å². The number of nitrogens with zero attached hydrogens (tertiary/aromatic N) is 1. The number of aromatic nitrogens is 1. The average molecular weight is 402 g/mol. The molecule has 0 saturated carbocycles. The Bertz CT molecular complexity index is 927. The van der Waals surface area contributed by atoms with Gasteiger partial charge < -0.3 is 4.74 Å². The first kappa shape index (κ1) is 17.3. The predicted molar refractivity (Wildman–Crippen MR) is 100.0 cm³/mol. The highest BCUT2D eigenvalue weighted by Gasteiger charge is 2.11. The molecule has 1 N–H and O–H groups in total. The molecule has 24 heavy (non-hydrogen) atoms. The maximum atomic E-state index is 12.0. The summed E-state index contributed by atoms with van der Waals surface area (Å²) < 4.78 is 6.40. The molecule has 0 aliphatic rings. The Morgan fingerprint density at radius 1 is 1.17 bits per heavy atom. The van der Waals surface area contributed by atoms with Gasteiger partial charge in [-0.05, 0) is 30.7 Å². The second kappa shape index (κ2) is 7.15. The minimum Gasteiger partial charge on any atom is -0.482 e. The minimum atomic E-state index is -0.340. The molecule has 4 nitrogen and oxygen atoms in total. The van der Waals surface area contributed by atoms with Crippen LogP contribution in [-0.4, -0.2) is 17.5 Å². The molecule has 1 heterocycles. The van der Waals surface area contributed by atoms with Crippen LogP contribution < -0.4 is 10.1 Å². The van der Waals surface area contributed by atoms with E-state index in [0.717, 1.165) is 15.8 Å². The number of carbonyl (C=O) groups is 1. The maximum Gasteiger partial charge on any atom is 0.264 e. The number of nitrogens with one attached hydrogen (secondary N) is 1. The lowest BCUT2D eigenvalue weighted by atomic mass is 10.2. The summed E-state index contributed by atoms with van der Waals surface area (Å²) in [7, 11) is 0. The Kier molecular flexibility index (Phi) is 5.15. The van der Waals surface area contributed by atoms with Gasteiger partial charge in [-0.2, -0.15) is 0 Å². The summed E-state index contributed by atoms with van der Waals surface area (Å²) in [4.78, 5) is 16.4. The van der Waals surface area contributed by atoms with Crippen LogP contribution >= 0.6 is 46.1 Å². The number of fused-ring (bicyclic) bond motifs is 1. The van der Waals surface area contributed by atoms with Crippen LogP contribution in [0.4, 0.5) is 5.13 Å². The molecule has 3 aromatic rings. The van der Waals surface area contributed by atoms with Crippen LogP contribution in [0.2, 0.25) is 15.1 Å². The van der Waals surface area contributed by atoms with Crippen LogP contribution in [0, 0.1) is 6.92 Å². The van der Waals surface area contributed by atoms with Crippen molar-refractivity contribution in [1.29, 1.82) is 0 Å². The van der Waals surface area contributed by atoms with Gasteiger partial charge in [0.2, 0.25) is 0 Å². The predicted octanol–water partition coefficient (Wildman–Crippen LogP) is 5.58. The summed E-state index contributed by atoms with van der Waals surface area (Å²) in [5, 5.41) is 4.14. The molecular weight excluding hydrogens is 391 g/mol. The number of halogens is 3. The van der Waals surface area contributed by atoms with Crippen molar-refractivity contribution in [3.63, 3.8) is 0 Å². The first-order valence-electron chi connectivity index (χ1n) is 6.87. The number of hydrogen-bond donors (Lipinski definition) is 1. The summed E-state index contributed by atoms with van der Waals surface area (Å²) >= 11 is 19.2. The summed E-state index contributed by atoms with van der Waals surface area (Å²) in [6.45, 7) is 1.79. The number of anilines is 1. The number of hydrogen-bond acceptors (Lipinski definition) is 4. The van der Waals surface area contributed by atoms with Gasteiger partial charge in [-0.15, -0.1) is 0 Å². The van der Waals surface area contributed by atoms with E-state index < -0.39 is 0 Å². The van der Waals surface area contributed by atoms with Crippen molar-refractivity contribution in [2.24, 2.45) is 0 Å². The quantitative estimate of drug-likeness (QED) is 0.580. The molecule has 0 spiro atoms. The molecule has 0 saturated heterocycles. The molecule has 0 fully saturated rings. The zero-order valence-electron chi connectivity index (χ0n) is 12.4. The van der Waals surface area contributed by atoms with Crippen LogP contribution in [0.25, 0.3) is 10.2 Å². The standard InChI is InChI=1S/C16H11Cl3N2O2S/c1-8-2-3-12-14(4-8)24-16(20-12)21-15(22)7-23-13-6-10(18)9(17)5-11(13)19/h2-6H,7H2,1H3,(H,20,21,22). The van der Waals surface area contributed by atoms with Crippen LogP contribution in [-0.2, 0) is 4.79 Å². The molecule has 124 valence electrons. The zero-order chi connectivity index (χ0) is 17.3. The fraction of sp³-hybridized carbons (Fsp3) is 0.125. The van der Waals surface area contributed by atoms with Crippen molar-refractivity contribution in [3.8, 4) is 5.75 Å². The highest BCUT2D eigenvalue weighted by molar-refractivity contribution is 7.22. The van der Waals surface area contributed by atoms with E-state index in [1.165, 1.54) is 23.5 Å². The lowest BCUT2D eigenvalue weighted by molar-refractivity contribution is -0.118. The van der Waals surface area contributed by atoms with Crippen LogP contribution in [0.15, 0.2) is 30.3 Å². The number of rotatable bonds is 4. The van der Waals surface area contributed by atoms with Gasteiger partial charge in [-0.3, -0.25) is 10.1 Å². The van der Waals surface area contributed by atoms with Crippen LogP contribution in [0.1, 0.15) is 5.56 Å². The number of thiazole rings is 1. The van der Waals surface area contributed by atoms with Crippen molar-refractivity contribution in [1.82, 2.24) is 4.98 Å². The van der Waals surface area contributed by atoms with Gasteiger partial charge >= 0.3 is 0 Å². The number of carbonyl (C=O) groups excluding carboxylic acids is 1.